The van der Waals surface area contributed by atoms with Gasteiger partial charge in [0.1, 0.15) is 4.83 Å². The maximum absolute atomic E-state index is 13.1. The first kappa shape index (κ1) is 20.4. The van der Waals surface area contributed by atoms with Gasteiger partial charge in [0, 0.05) is 18.0 Å². The molecule has 0 fully saturated rings. The number of hydrogen-bond acceptors (Lipinski definition) is 5. The average Bonchev–Trinajstić information content (AvgIpc) is 2.97. The Morgan fingerprint density at radius 1 is 1.44 bits per heavy atom. The molecule has 3 rings (SSSR count). The zero-order valence-corrected chi connectivity index (χ0v) is 18.3. The fraction of sp³-hybridized carbons (Fsp3) is 0.650. The number of aromatic nitrogens is 2. The molecule has 1 amide bonds. The van der Waals surface area contributed by atoms with Gasteiger partial charge in [0.05, 0.1) is 11.1 Å². The van der Waals surface area contributed by atoms with E-state index < -0.39 is 0 Å². The lowest BCUT2D eigenvalue weighted by Gasteiger charge is -2.17. The van der Waals surface area contributed by atoms with Crippen molar-refractivity contribution >= 4 is 39.2 Å². The van der Waals surface area contributed by atoms with Crippen molar-refractivity contribution in [2.75, 3.05) is 12.3 Å². The van der Waals surface area contributed by atoms with E-state index in [4.69, 9.17) is 4.98 Å². The fourth-order valence-corrected chi connectivity index (χ4v) is 5.79. The highest BCUT2D eigenvalue weighted by atomic mass is 32.2. The summed E-state index contributed by atoms with van der Waals surface area (Å²) in [6, 6.07) is 0. The Morgan fingerprint density at radius 2 is 2.22 bits per heavy atom. The second-order valence-corrected chi connectivity index (χ2v) is 9.82. The molecule has 0 saturated carbocycles. The molecule has 2 heterocycles. The van der Waals surface area contributed by atoms with Crippen LogP contribution in [-0.4, -0.2) is 27.8 Å². The van der Waals surface area contributed by atoms with E-state index >= 15 is 0 Å². The predicted octanol–water partition coefficient (Wildman–Crippen LogP) is 3.86. The highest BCUT2D eigenvalue weighted by Gasteiger charge is 2.24. The maximum atomic E-state index is 13.1. The van der Waals surface area contributed by atoms with Crippen LogP contribution in [0.25, 0.3) is 10.2 Å². The van der Waals surface area contributed by atoms with Gasteiger partial charge in [-0.3, -0.25) is 14.2 Å². The number of carbonyl (C=O) groups is 1. The number of fused-ring (bicyclic) bond motifs is 3. The zero-order chi connectivity index (χ0) is 19.6. The Morgan fingerprint density at radius 3 is 2.93 bits per heavy atom. The number of hydrogen-bond donors (Lipinski definition) is 1. The lowest BCUT2D eigenvalue weighted by atomic mass is 9.89. The summed E-state index contributed by atoms with van der Waals surface area (Å²) in [5, 5.41) is 4.41. The lowest BCUT2D eigenvalue weighted by Crippen LogP contribution is -2.28. The quantitative estimate of drug-likeness (QED) is 0.559. The highest BCUT2D eigenvalue weighted by molar-refractivity contribution is 7.99. The Kier molecular flexibility index (Phi) is 6.63. The predicted molar refractivity (Wildman–Crippen MR) is 114 cm³/mol. The SMILES string of the molecule is CCn1c(SCC(=O)NCCC(C)C)nc2sc3c(c2c1=O)CC[C@@H](C)C3. The molecule has 1 atom stereocenters. The van der Waals surface area contributed by atoms with Gasteiger partial charge in [-0.25, -0.2) is 4.98 Å². The van der Waals surface area contributed by atoms with E-state index in [0.717, 1.165) is 35.9 Å². The van der Waals surface area contributed by atoms with Crippen molar-refractivity contribution in [3.05, 3.63) is 20.8 Å². The second kappa shape index (κ2) is 8.78. The third-order valence-corrected chi connectivity index (χ3v) is 7.20. The van der Waals surface area contributed by atoms with E-state index in [1.807, 2.05) is 6.92 Å². The summed E-state index contributed by atoms with van der Waals surface area (Å²) < 4.78 is 1.72. The molecule has 1 aliphatic carbocycles. The number of thioether (sulfide) groups is 1. The molecule has 2 aromatic rings. The summed E-state index contributed by atoms with van der Waals surface area (Å²) in [5.41, 5.74) is 1.27. The summed E-state index contributed by atoms with van der Waals surface area (Å²) in [6.07, 6.45) is 4.13. The van der Waals surface area contributed by atoms with Crippen LogP contribution in [0.1, 0.15) is 51.0 Å². The van der Waals surface area contributed by atoms with Crippen LogP contribution in [0.15, 0.2) is 9.95 Å². The van der Waals surface area contributed by atoms with Crippen molar-refractivity contribution < 1.29 is 4.79 Å². The van der Waals surface area contributed by atoms with Crippen LogP contribution in [0.5, 0.6) is 0 Å². The number of nitrogens with zero attached hydrogens (tertiary/aromatic N) is 2. The van der Waals surface area contributed by atoms with Crippen LogP contribution in [0.3, 0.4) is 0 Å². The lowest BCUT2D eigenvalue weighted by molar-refractivity contribution is -0.118. The summed E-state index contributed by atoms with van der Waals surface area (Å²) in [6.45, 7) is 9.77. The number of nitrogens with one attached hydrogen (secondary N) is 1. The van der Waals surface area contributed by atoms with E-state index in [-0.39, 0.29) is 17.2 Å². The Labute approximate surface area is 169 Å². The van der Waals surface area contributed by atoms with Gasteiger partial charge in [0.2, 0.25) is 5.91 Å². The largest absolute Gasteiger partial charge is 0.355 e. The molecule has 5 nitrogen and oxygen atoms in total. The third-order valence-electron chi connectivity index (χ3n) is 5.07. The summed E-state index contributed by atoms with van der Waals surface area (Å²) in [7, 11) is 0. The minimum atomic E-state index is -0.00283. The van der Waals surface area contributed by atoms with Crippen LogP contribution in [-0.2, 0) is 24.2 Å². The average molecular weight is 408 g/mol. The molecule has 1 aliphatic rings. The van der Waals surface area contributed by atoms with Gasteiger partial charge in [0.25, 0.3) is 5.56 Å². The normalized spacial score (nSPS) is 16.7. The van der Waals surface area contributed by atoms with Crippen molar-refractivity contribution in [2.45, 2.75) is 65.1 Å². The number of aryl methyl sites for hydroxylation is 1. The van der Waals surface area contributed by atoms with Gasteiger partial charge in [0.15, 0.2) is 5.16 Å². The van der Waals surface area contributed by atoms with Gasteiger partial charge < -0.3 is 5.32 Å². The minimum Gasteiger partial charge on any atom is -0.355 e. The van der Waals surface area contributed by atoms with Crippen molar-refractivity contribution in [3.63, 3.8) is 0 Å². The van der Waals surface area contributed by atoms with Crippen LogP contribution >= 0.6 is 23.1 Å². The van der Waals surface area contributed by atoms with Gasteiger partial charge in [-0.1, -0.05) is 32.5 Å². The van der Waals surface area contributed by atoms with Gasteiger partial charge in [-0.05, 0) is 50.0 Å². The molecule has 1 N–H and O–H groups in total. The first-order valence-electron chi connectivity index (χ1n) is 9.85. The van der Waals surface area contributed by atoms with E-state index in [1.165, 1.54) is 22.2 Å². The van der Waals surface area contributed by atoms with Gasteiger partial charge >= 0.3 is 0 Å². The smallest absolute Gasteiger partial charge is 0.263 e. The molecule has 7 heteroatoms. The first-order chi connectivity index (χ1) is 12.9. The third kappa shape index (κ3) is 4.57. The standard InChI is InChI=1S/C20H29N3O2S2/c1-5-23-19(25)17-14-7-6-13(4)10-15(14)27-18(17)22-20(23)26-11-16(24)21-9-8-12(2)3/h12-13H,5-11H2,1-4H3,(H,21,24)/t13-/m1/s1. The summed E-state index contributed by atoms with van der Waals surface area (Å²) in [5.74, 6) is 1.53. The fourth-order valence-electron chi connectivity index (χ4n) is 3.48. The van der Waals surface area contributed by atoms with E-state index in [2.05, 4.69) is 26.1 Å². The topological polar surface area (TPSA) is 64.0 Å². The number of thiophene rings is 1. The maximum Gasteiger partial charge on any atom is 0.263 e. The molecule has 148 valence electrons. The van der Waals surface area contributed by atoms with Crippen LogP contribution in [0.2, 0.25) is 0 Å². The first-order valence-corrected chi connectivity index (χ1v) is 11.7. The van der Waals surface area contributed by atoms with E-state index in [0.29, 0.717) is 30.1 Å². The number of amides is 1. The van der Waals surface area contributed by atoms with Crippen molar-refractivity contribution in [2.24, 2.45) is 11.8 Å². The molecule has 0 aliphatic heterocycles. The summed E-state index contributed by atoms with van der Waals surface area (Å²) in [4.78, 5) is 32.1. The number of carbonyl (C=O) groups excluding carboxylic acids is 1. The van der Waals surface area contributed by atoms with Gasteiger partial charge in [-0.15, -0.1) is 11.3 Å². The molecular weight excluding hydrogens is 378 g/mol. The monoisotopic (exact) mass is 407 g/mol. The van der Waals surface area contributed by atoms with Crippen molar-refractivity contribution in [1.29, 1.82) is 0 Å². The molecule has 0 aromatic carbocycles. The molecule has 0 spiro atoms. The second-order valence-electron chi connectivity index (χ2n) is 7.80. The Bertz CT molecular complexity index is 885. The Balaban J connectivity index is 1.81. The molecule has 0 bridgehead atoms. The summed E-state index contributed by atoms with van der Waals surface area (Å²) >= 11 is 3.02. The van der Waals surface area contributed by atoms with E-state index in [9.17, 15) is 9.59 Å². The van der Waals surface area contributed by atoms with Gasteiger partial charge in [-0.2, -0.15) is 0 Å². The number of rotatable bonds is 7. The molecule has 27 heavy (non-hydrogen) atoms. The molecule has 0 radical (unpaired) electrons. The van der Waals surface area contributed by atoms with Crippen molar-refractivity contribution in [3.8, 4) is 0 Å². The molecule has 0 unspecified atom stereocenters. The highest BCUT2D eigenvalue weighted by Crippen LogP contribution is 2.36. The Hall–Kier alpha value is -1.34. The van der Waals surface area contributed by atoms with Crippen molar-refractivity contribution in [1.82, 2.24) is 14.9 Å². The molecule has 0 saturated heterocycles. The van der Waals surface area contributed by atoms with E-state index in [1.54, 1.807) is 15.9 Å². The molecular formula is C20H29N3O2S2. The van der Waals surface area contributed by atoms with Crippen LogP contribution in [0, 0.1) is 11.8 Å². The minimum absolute atomic E-state index is 0.00283. The zero-order valence-electron chi connectivity index (χ0n) is 16.6. The van der Waals surface area contributed by atoms with Crippen LogP contribution in [0.4, 0.5) is 0 Å². The van der Waals surface area contributed by atoms with Crippen LogP contribution < -0.4 is 10.9 Å². The molecule has 2 aromatic heterocycles.